The highest BCUT2D eigenvalue weighted by Crippen LogP contribution is 2.18. The summed E-state index contributed by atoms with van der Waals surface area (Å²) >= 11 is 0. The van der Waals surface area contributed by atoms with Crippen molar-refractivity contribution in [2.75, 3.05) is 26.2 Å². The van der Waals surface area contributed by atoms with E-state index in [0.717, 1.165) is 0 Å². The minimum absolute atomic E-state index is 0.0756. The van der Waals surface area contributed by atoms with Crippen molar-refractivity contribution in [1.29, 1.82) is 0 Å². The highest BCUT2D eigenvalue weighted by molar-refractivity contribution is 7.92. The Morgan fingerprint density at radius 1 is 0.794 bits per heavy atom. The number of furan rings is 1. The molecule has 0 saturated carbocycles. The Balaban J connectivity index is 1.54. The molecule has 34 heavy (non-hydrogen) atoms. The number of sulfone groups is 1. The van der Waals surface area contributed by atoms with Crippen molar-refractivity contribution in [1.82, 2.24) is 15.1 Å². The zero-order chi connectivity index (χ0) is 24.1. The van der Waals surface area contributed by atoms with Gasteiger partial charge in [-0.15, -0.1) is 0 Å². The van der Waals surface area contributed by atoms with E-state index in [2.05, 4.69) is 5.32 Å². The lowest BCUT2D eigenvalue weighted by Gasteiger charge is -2.36. The number of nitrogens with zero attached hydrogens (tertiary/aromatic N) is 2. The smallest absolute Gasteiger partial charge is 0.289 e. The van der Waals surface area contributed by atoms with Crippen LogP contribution in [0.25, 0.3) is 0 Å². The van der Waals surface area contributed by atoms with Crippen LogP contribution >= 0.6 is 0 Å². The van der Waals surface area contributed by atoms with Gasteiger partial charge in [0.15, 0.2) is 5.76 Å². The van der Waals surface area contributed by atoms with Crippen molar-refractivity contribution < 1.29 is 27.2 Å². The van der Waals surface area contributed by atoms with E-state index in [9.17, 15) is 22.8 Å². The maximum atomic E-state index is 13.4. The molecule has 2 heterocycles. The number of piperazine rings is 1. The van der Waals surface area contributed by atoms with Gasteiger partial charge in [0, 0.05) is 31.7 Å². The fraction of sp³-hybridized carbons (Fsp3) is 0.208. The molecule has 1 aliphatic rings. The molecule has 1 aliphatic heterocycles. The quantitative estimate of drug-likeness (QED) is 0.574. The molecule has 1 saturated heterocycles. The molecule has 0 aliphatic carbocycles. The second-order valence-electron chi connectivity index (χ2n) is 7.67. The summed E-state index contributed by atoms with van der Waals surface area (Å²) in [4.78, 5) is 41.5. The number of carbonyl (C=O) groups is 3. The number of carbonyl (C=O) groups excluding carboxylic acids is 3. The third-order valence-corrected chi connectivity index (χ3v) is 7.38. The van der Waals surface area contributed by atoms with Crippen molar-refractivity contribution in [2.24, 2.45) is 0 Å². The molecule has 0 bridgehead atoms. The fourth-order valence-corrected chi connectivity index (χ4v) is 5.15. The molecule has 2 aromatic carbocycles. The highest BCUT2D eigenvalue weighted by atomic mass is 32.2. The van der Waals surface area contributed by atoms with E-state index < -0.39 is 27.0 Å². The molecule has 10 heteroatoms. The van der Waals surface area contributed by atoms with E-state index in [0.29, 0.717) is 0 Å². The average Bonchev–Trinajstić information content (AvgIpc) is 3.42. The van der Waals surface area contributed by atoms with Crippen LogP contribution in [-0.4, -0.2) is 67.5 Å². The van der Waals surface area contributed by atoms with Crippen LogP contribution in [0, 0.1) is 0 Å². The lowest BCUT2D eigenvalue weighted by atomic mass is 10.2. The fourth-order valence-electron chi connectivity index (χ4n) is 3.66. The molecule has 0 spiro atoms. The van der Waals surface area contributed by atoms with Gasteiger partial charge >= 0.3 is 0 Å². The van der Waals surface area contributed by atoms with Gasteiger partial charge in [-0.25, -0.2) is 8.42 Å². The molecule has 176 valence electrons. The first kappa shape index (κ1) is 23.2. The molecule has 1 atom stereocenters. The van der Waals surface area contributed by atoms with Crippen LogP contribution in [0.15, 0.2) is 88.4 Å². The standard InChI is InChI=1S/C24H23N3O6S/c28-21(18-8-3-1-4-9-18)25-22(34(31,32)19-10-5-2-6-11-19)24(30)27-15-13-26(14-16-27)23(29)20-12-7-17-33-20/h1-12,17,22H,13-16H2,(H,25,28). The minimum Gasteiger partial charge on any atom is -0.459 e. The van der Waals surface area contributed by atoms with Crippen LogP contribution in [-0.2, 0) is 14.6 Å². The van der Waals surface area contributed by atoms with Gasteiger partial charge < -0.3 is 19.5 Å². The van der Waals surface area contributed by atoms with Crippen LogP contribution in [0.2, 0.25) is 0 Å². The van der Waals surface area contributed by atoms with Crippen molar-refractivity contribution in [3.63, 3.8) is 0 Å². The second-order valence-corrected chi connectivity index (χ2v) is 9.71. The SMILES string of the molecule is O=C(NC(C(=O)N1CCN(C(=O)c2ccco2)CC1)S(=O)(=O)c1ccccc1)c1ccccc1. The third-order valence-electron chi connectivity index (χ3n) is 5.52. The molecule has 3 aromatic rings. The molecule has 3 amide bonds. The van der Waals surface area contributed by atoms with Crippen molar-refractivity contribution in [3.05, 3.63) is 90.4 Å². The highest BCUT2D eigenvalue weighted by Gasteiger charge is 2.39. The molecule has 1 unspecified atom stereocenters. The van der Waals surface area contributed by atoms with Gasteiger partial charge in [0.25, 0.3) is 17.7 Å². The van der Waals surface area contributed by atoms with Gasteiger partial charge in [-0.05, 0) is 36.4 Å². The van der Waals surface area contributed by atoms with Gasteiger partial charge in [-0.3, -0.25) is 14.4 Å². The van der Waals surface area contributed by atoms with Gasteiger partial charge in [-0.1, -0.05) is 36.4 Å². The van der Waals surface area contributed by atoms with Gasteiger partial charge in [0.05, 0.1) is 11.2 Å². The zero-order valence-electron chi connectivity index (χ0n) is 18.2. The Hall–Kier alpha value is -3.92. The van der Waals surface area contributed by atoms with Crippen LogP contribution in [0.1, 0.15) is 20.9 Å². The summed E-state index contributed by atoms with van der Waals surface area (Å²) < 4.78 is 31.9. The first-order chi connectivity index (χ1) is 16.4. The van der Waals surface area contributed by atoms with E-state index in [1.54, 1.807) is 48.5 Å². The Labute approximate surface area is 196 Å². The maximum absolute atomic E-state index is 13.4. The molecule has 9 nitrogen and oxygen atoms in total. The minimum atomic E-state index is -4.24. The molecule has 4 rings (SSSR count). The number of amides is 3. The Morgan fingerprint density at radius 2 is 1.38 bits per heavy atom. The van der Waals surface area contributed by atoms with E-state index >= 15 is 0 Å². The van der Waals surface area contributed by atoms with Crippen molar-refractivity contribution >= 4 is 27.6 Å². The third kappa shape index (κ3) is 4.86. The lowest BCUT2D eigenvalue weighted by Crippen LogP contribution is -2.57. The molecule has 1 fully saturated rings. The summed E-state index contributed by atoms with van der Waals surface area (Å²) in [5.41, 5.74) is 0.234. The summed E-state index contributed by atoms with van der Waals surface area (Å²) in [5, 5.41) is 0.602. The van der Waals surface area contributed by atoms with Crippen molar-refractivity contribution in [2.45, 2.75) is 10.3 Å². The number of rotatable bonds is 6. The molecule has 1 N–H and O–H groups in total. The predicted molar refractivity (Wildman–Crippen MR) is 123 cm³/mol. The zero-order valence-corrected chi connectivity index (χ0v) is 19.0. The maximum Gasteiger partial charge on any atom is 0.289 e. The largest absolute Gasteiger partial charge is 0.459 e. The second kappa shape index (κ2) is 9.92. The Bertz CT molecular complexity index is 1250. The summed E-state index contributed by atoms with van der Waals surface area (Å²) in [7, 11) is -4.24. The van der Waals surface area contributed by atoms with E-state index in [4.69, 9.17) is 4.42 Å². The normalized spacial score (nSPS) is 14.9. The summed E-state index contributed by atoms with van der Waals surface area (Å²) in [5.74, 6) is -1.54. The molecule has 1 aromatic heterocycles. The number of nitrogens with one attached hydrogen (secondary N) is 1. The van der Waals surface area contributed by atoms with E-state index in [-0.39, 0.29) is 48.3 Å². The number of benzene rings is 2. The molecular weight excluding hydrogens is 458 g/mol. The number of hydrogen-bond donors (Lipinski definition) is 1. The monoisotopic (exact) mass is 481 g/mol. The van der Waals surface area contributed by atoms with Gasteiger partial charge in [-0.2, -0.15) is 0 Å². The molecule has 0 radical (unpaired) electrons. The van der Waals surface area contributed by atoms with E-state index in [1.165, 1.54) is 40.3 Å². The Kier molecular flexibility index (Phi) is 6.78. The van der Waals surface area contributed by atoms with Gasteiger partial charge in [0.1, 0.15) is 0 Å². The van der Waals surface area contributed by atoms with Crippen molar-refractivity contribution in [3.8, 4) is 0 Å². The summed E-state index contributed by atoms with van der Waals surface area (Å²) in [6, 6.07) is 18.8. The first-order valence-corrected chi connectivity index (χ1v) is 12.2. The summed E-state index contributed by atoms with van der Waals surface area (Å²) in [6.45, 7) is 0.645. The van der Waals surface area contributed by atoms with E-state index in [1.807, 2.05) is 0 Å². The molecular formula is C24H23N3O6S. The topological polar surface area (TPSA) is 117 Å². The first-order valence-electron chi connectivity index (χ1n) is 10.6. The number of hydrogen-bond acceptors (Lipinski definition) is 6. The predicted octanol–water partition coefficient (Wildman–Crippen LogP) is 1.79. The average molecular weight is 482 g/mol. The van der Waals surface area contributed by atoms with Crippen LogP contribution in [0.3, 0.4) is 0 Å². The van der Waals surface area contributed by atoms with Crippen LogP contribution in [0.5, 0.6) is 0 Å². The van der Waals surface area contributed by atoms with Crippen LogP contribution < -0.4 is 5.32 Å². The van der Waals surface area contributed by atoms with Gasteiger partial charge in [0.2, 0.25) is 15.2 Å². The summed E-state index contributed by atoms with van der Waals surface area (Å²) in [6.07, 6.45) is 1.40. The Morgan fingerprint density at radius 3 is 1.97 bits per heavy atom. The van der Waals surface area contributed by atoms with Crippen LogP contribution in [0.4, 0.5) is 0 Å². The lowest BCUT2D eigenvalue weighted by molar-refractivity contribution is -0.132.